The summed E-state index contributed by atoms with van der Waals surface area (Å²) in [6, 6.07) is 0. The minimum absolute atomic E-state index is 0. The topological polar surface area (TPSA) is 71.1 Å². The molecule has 0 aromatic rings. The third-order valence-electron chi connectivity index (χ3n) is 4.35. The molecule has 0 atom stereocenters. The van der Waals surface area contributed by atoms with Gasteiger partial charge in [-0.05, 0) is 46.3 Å². The second-order valence-corrected chi connectivity index (χ2v) is 8.42. The third-order valence-corrected chi connectivity index (χ3v) is 5.45. The van der Waals surface area contributed by atoms with E-state index in [0.29, 0.717) is 0 Å². The fraction of sp³-hybridized carbons (Fsp3) is 0.947. The van der Waals surface area contributed by atoms with Crippen LogP contribution in [0.3, 0.4) is 0 Å². The summed E-state index contributed by atoms with van der Waals surface area (Å²) >= 11 is 14.3. The van der Waals surface area contributed by atoms with Crippen LogP contribution in [0.1, 0.15) is 27.1 Å². The molecule has 0 amide bonds. The van der Waals surface area contributed by atoms with Crippen LogP contribution in [-0.2, 0) is 9.68 Å². The number of piperazine rings is 2. The van der Waals surface area contributed by atoms with Crippen LogP contribution in [0.4, 0.5) is 0 Å². The molecule has 2 rings (SSSR count). The first-order valence-corrected chi connectivity index (χ1v) is 12.4. The predicted molar refractivity (Wildman–Crippen MR) is 126 cm³/mol. The Morgan fingerprint density at radius 2 is 1.39 bits per heavy atom. The molecule has 2 saturated heterocycles. The van der Waals surface area contributed by atoms with Gasteiger partial charge in [-0.25, -0.2) is 0 Å². The molecule has 178 valence electrons. The molecular weight excluding hydrogens is 561 g/mol. The van der Waals surface area contributed by atoms with E-state index in [1.807, 2.05) is 0 Å². The number of nitrogens with zero attached hydrogens (tertiary/aromatic N) is 3. The van der Waals surface area contributed by atoms with Crippen molar-refractivity contribution in [3.05, 3.63) is 0 Å². The van der Waals surface area contributed by atoms with E-state index < -0.39 is 0 Å². The Labute approximate surface area is 295 Å². The van der Waals surface area contributed by atoms with E-state index in [1.165, 1.54) is 58.7 Å². The van der Waals surface area contributed by atoms with E-state index in [0.717, 1.165) is 43.0 Å². The first-order valence-electron chi connectivity index (χ1n) is 10.3. The maximum absolute atomic E-state index is 8.64. The van der Waals surface area contributed by atoms with Crippen LogP contribution in [0.5, 0.6) is 0 Å². The fourth-order valence-corrected chi connectivity index (χ4v) is 3.24. The van der Waals surface area contributed by atoms with Crippen LogP contribution in [0.2, 0.25) is 0 Å². The molecule has 2 heterocycles. The van der Waals surface area contributed by atoms with Crippen molar-refractivity contribution < 1.29 is 119 Å². The van der Waals surface area contributed by atoms with Gasteiger partial charge in [-0.15, -0.1) is 23.2 Å². The van der Waals surface area contributed by atoms with Crippen molar-refractivity contribution in [1.29, 1.82) is 0 Å². The Hall–Kier alpha value is 3.60. The smallest absolute Gasteiger partial charge is 1.00 e. The van der Waals surface area contributed by atoms with E-state index in [1.54, 1.807) is 0 Å². The van der Waals surface area contributed by atoms with Crippen molar-refractivity contribution in [3.8, 4) is 0 Å². The number of unbranched alkanes of at least 4 members (excludes halogenated alkanes) is 2. The zero-order valence-corrected chi connectivity index (χ0v) is 29.4. The first kappa shape index (κ1) is 41.7. The summed E-state index contributed by atoms with van der Waals surface area (Å²) in [5.41, 5.74) is 0. The molecule has 0 aliphatic carbocycles. The summed E-state index contributed by atoms with van der Waals surface area (Å²) in [6.45, 7) is 10.7. The number of nitrogens with one attached hydrogen (secondary N) is 1. The fourth-order valence-electron chi connectivity index (χ4n) is 2.47. The molecule has 0 unspecified atom stereocenters. The maximum atomic E-state index is 8.64. The van der Waals surface area contributed by atoms with E-state index in [-0.39, 0.29) is 111 Å². The van der Waals surface area contributed by atoms with Crippen LogP contribution in [0.15, 0.2) is 0 Å². The normalized spacial score (nSPS) is 16.5. The molecule has 0 saturated carbocycles. The van der Waals surface area contributed by atoms with Crippen LogP contribution in [0, 0.1) is 0 Å². The second-order valence-electron chi connectivity index (χ2n) is 6.87. The second kappa shape index (κ2) is 35.8. The minimum atomic E-state index is -0.181. The van der Waals surface area contributed by atoms with E-state index in [4.69, 9.17) is 33.3 Å². The van der Waals surface area contributed by atoms with Gasteiger partial charge in [0.2, 0.25) is 0 Å². The Kier molecular flexibility index (Phi) is 48.1. The molecule has 7 nitrogen and oxygen atoms in total. The minimum Gasteiger partial charge on any atom is -1.00 e. The van der Waals surface area contributed by atoms with Gasteiger partial charge in [0.25, 0.3) is 6.47 Å². The van der Waals surface area contributed by atoms with E-state index in [9.17, 15) is 0 Å². The van der Waals surface area contributed by atoms with Crippen LogP contribution in [0.25, 0.3) is 0 Å². The van der Waals surface area contributed by atoms with Crippen molar-refractivity contribution in [2.45, 2.75) is 25.7 Å². The summed E-state index contributed by atoms with van der Waals surface area (Å²) in [7, 11) is 4.34. The average molecular weight is 603 g/mol. The largest absolute Gasteiger partial charge is 1.00 e. The first-order chi connectivity index (χ1) is 14.0. The molecule has 0 bridgehead atoms. The molecular formula is C19H41BrCl2K2N4O3. The van der Waals surface area contributed by atoms with Gasteiger partial charge in [-0.1, -0.05) is 15.9 Å². The van der Waals surface area contributed by atoms with Gasteiger partial charge in [-0.2, -0.15) is 0 Å². The zero-order chi connectivity index (χ0) is 22.2. The number of hydrogen-bond donors (Lipinski definition) is 1. The SMILES string of the molecule is CN1CCN(CCCCCl)CC1.CN1CCNCC1.ClCCCCBr.O=CO[O-].[H-].[K+].[K+]. The molecule has 1 N–H and O–H groups in total. The van der Waals surface area contributed by atoms with Crippen molar-refractivity contribution in [2.75, 3.05) is 90.1 Å². The van der Waals surface area contributed by atoms with E-state index >= 15 is 0 Å². The van der Waals surface area contributed by atoms with Gasteiger partial charge >= 0.3 is 103 Å². The van der Waals surface area contributed by atoms with E-state index in [2.05, 4.69) is 54.9 Å². The summed E-state index contributed by atoms with van der Waals surface area (Å²) in [6.07, 6.45) is 4.75. The number of likely N-dealkylation sites (N-methyl/N-ethyl adjacent to an activating group) is 2. The average Bonchev–Trinajstić information content (AvgIpc) is 2.75. The van der Waals surface area contributed by atoms with Crippen molar-refractivity contribution in [3.63, 3.8) is 0 Å². The molecule has 0 aromatic heterocycles. The molecule has 12 heteroatoms. The maximum Gasteiger partial charge on any atom is 1.00 e. The number of carbonyl (C=O) groups is 1. The van der Waals surface area contributed by atoms with Gasteiger partial charge in [0.05, 0.1) is 0 Å². The van der Waals surface area contributed by atoms with Crippen LogP contribution < -0.4 is 113 Å². The molecule has 0 radical (unpaired) electrons. The third kappa shape index (κ3) is 35.8. The van der Waals surface area contributed by atoms with Crippen LogP contribution >= 0.6 is 39.1 Å². The predicted octanol–water partition coefficient (Wildman–Crippen LogP) is -4.27. The summed E-state index contributed by atoms with van der Waals surface area (Å²) in [4.78, 5) is 18.5. The monoisotopic (exact) mass is 600 g/mol. The van der Waals surface area contributed by atoms with Gasteiger partial charge in [0.1, 0.15) is 0 Å². The number of carbonyl (C=O) groups excluding carboxylic acids is 1. The Morgan fingerprint density at radius 1 is 0.935 bits per heavy atom. The Bertz CT molecular complexity index is 337. The molecule has 2 aliphatic rings. The van der Waals surface area contributed by atoms with Gasteiger partial charge in [0.15, 0.2) is 0 Å². The van der Waals surface area contributed by atoms with Crippen LogP contribution in [-0.4, -0.2) is 111 Å². The number of rotatable bonds is 8. The molecule has 0 spiro atoms. The summed E-state index contributed by atoms with van der Waals surface area (Å²) < 4.78 is 0. The molecule has 31 heavy (non-hydrogen) atoms. The Morgan fingerprint density at radius 3 is 1.71 bits per heavy atom. The van der Waals surface area contributed by atoms with Crippen molar-refractivity contribution in [1.82, 2.24) is 20.0 Å². The van der Waals surface area contributed by atoms with Crippen molar-refractivity contribution >= 4 is 45.6 Å². The molecule has 0 aromatic carbocycles. The number of hydrogen-bond acceptors (Lipinski definition) is 7. The van der Waals surface area contributed by atoms with Gasteiger partial charge in [-0.3, -0.25) is 4.79 Å². The number of alkyl halides is 3. The van der Waals surface area contributed by atoms with Crippen molar-refractivity contribution in [2.24, 2.45) is 0 Å². The molecule has 2 fully saturated rings. The Balaban J connectivity index is -0.000000106. The van der Waals surface area contributed by atoms with Gasteiger partial charge in [0, 0.05) is 69.4 Å². The van der Waals surface area contributed by atoms with Gasteiger partial charge < -0.3 is 31.6 Å². The molecule has 2 aliphatic heterocycles. The standard InChI is InChI=1S/C9H19ClN2.C5H12N2.C4H8BrCl.CH2O3.2K.H/c1-11-6-8-12(9-7-11)5-3-2-4-10;1-7-4-2-6-3-5-7;5-3-1-2-4-6;2-1-4-3;;;/h2-9H2,1H3;6H,2-5H2,1H3;1-4H2;1,3H;;;/q;;;;2*+1;-1/p-1. The zero-order valence-electron chi connectivity index (χ0n) is 21.1. The summed E-state index contributed by atoms with van der Waals surface area (Å²) in [5, 5.41) is 12.8. The summed E-state index contributed by atoms with van der Waals surface area (Å²) in [5.74, 6) is 1.61. The number of halogens is 3. The quantitative estimate of drug-likeness (QED) is 0.0754.